The van der Waals surface area contributed by atoms with E-state index in [9.17, 15) is 9.59 Å². The Morgan fingerprint density at radius 1 is 1.59 bits per heavy atom. The number of hydrogen-bond donors (Lipinski definition) is 2. The highest BCUT2D eigenvalue weighted by atomic mass is 79.9. The zero-order chi connectivity index (χ0) is 12.8. The lowest BCUT2D eigenvalue weighted by Crippen LogP contribution is -2.28. The quantitative estimate of drug-likeness (QED) is 0.845. The molecular weight excluding hydrogens is 290 g/mol. The van der Waals surface area contributed by atoms with E-state index in [0.29, 0.717) is 23.2 Å². The number of hydrogen-bond acceptors (Lipinski definition) is 3. The molecule has 0 aromatic carbocycles. The van der Waals surface area contributed by atoms with Crippen LogP contribution in [0, 0.1) is 5.92 Å². The third-order valence-corrected chi connectivity index (χ3v) is 2.94. The topological polar surface area (TPSA) is 79.5 Å². The van der Waals surface area contributed by atoms with Crippen molar-refractivity contribution in [3.8, 4) is 0 Å². The fraction of sp³-hybridized carbons (Fsp3) is 0.455. The van der Waals surface area contributed by atoms with Gasteiger partial charge >= 0.3 is 5.97 Å². The first-order valence-electron chi connectivity index (χ1n) is 5.23. The number of rotatable bonds is 6. The summed E-state index contributed by atoms with van der Waals surface area (Å²) in [6.07, 6.45) is 2.08. The first-order chi connectivity index (χ1) is 8.00. The first kappa shape index (κ1) is 13.8. The highest BCUT2D eigenvalue weighted by Crippen LogP contribution is 2.17. The molecule has 5 nitrogen and oxygen atoms in total. The maximum atomic E-state index is 11.7. The van der Waals surface area contributed by atoms with Crippen molar-refractivity contribution in [3.05, 3.63) is 22.6 Å². The Bertz CT molecular complexity index is 402. The van der Waals surface area contributed by atoms with Crippen LogP contribution in [-0.2, 0) is 4.79 Å². The molecule has 0 bridgehead atoms. The van der Waals surface area contributed by atoms with Crippen molar-refractivity contribution in [3.63, 3.8) is 0 Å². The second kappa shape index (κ2) is 6.44. The molecule has 1 rings (SSSR count). The number of aliphatic carboxylic acids is 1. The number of carboxylic acid groups (broad SMARTS) is 1. The Labute approximate surface area is 107 Å². The molecule has 1 unspecified atom stereocenters. The number of carbonyl (C=O) groups is 2. The fourth-order valence-corrected chi connectivity index (χ4v) is 1.71. The highest BCUT2D eigenvalue weighted by Gasteiger charge is 2.13. The van der Waals surface area contributed by atoms with Crippen LogP contribution in [0.3, 0.4) is 0 Å². The summed E-state index contributed by atoms with van der Waals surface area (Å²) in [5.41, 5.74) is 0.440. The summed E-state index contributed by atoms with van der Waals surface area (Å²) in [4.78, 5) is 22.0. The van der Waals surface area contributed by atoms with Gasteiger partial charge in [0.15, 0.2) is 4.67 Å². The van der Waals surface area contributed by atoms with Crippen molar-refractivity contribution < 1.29 is 19.1 Å². The smallest absolute Gasteiger partial charge is 0.303 e. The SMILES string of the molecule is CC(CCC(=O)O)CNC(=O)c1ccoc1Br. The molecule has 0 radical (unpaired) electrons. The van der Waals surface area contributed by atoms with Gasteiger partial charge < -0.3 is 14.8 Å². The van der Waals surface area contributed by atoms with E-state index in [-0.39, 0.29) is 18.2 Å². The predicted molar refractivity (Wildman–Crippen MR) is 64.8 cm³/mol. The van der Waals surface area contributed by atoms with Crippen LogP contribution in [0.5, 0.6) is 0 Å². The molecule has 2 N–H and O–H groups in total. The Balaban J connectivity index is 2.33. The van der Waals surface area contributed by atoms with Gasteiger partial charge in [0.05, 0.1) is 11.8 Å². The van der Waals surface area contributed by atoms with Gasteiger partial charge in [0.25, 0.3) is 5.91 Å². The lowest BCUT2D eigenvalue weighted by molar-refractivity contribution is -0.137. The highest BCUT2D eigenvalue weighted by molar-refractivity contribution is 9.10. The Hall–Kier alpha value is -1.30. The maximum absolute atomic E-state index is 11.7. The van der Waals surface area contributed by atoms with Gasteiger partial charge in [-0.05, 0) is 34.3 Å². The van der Waals surface area contributed by atoms with Crippen molar-refractivity contribution in [2.75, 3.05) is 6.54 Å². The van der Waals surface area contributed by atoms with Gasteiger partial charge in [-0.2, -0.15) is 0 Å². The predicted octanol–water partition coefficient (Wildman–Crippen LogP) is 2.27. The Morgan fingerprint density at radius 3 is 2.82 bits per heavy atom. The number of halogens is 1. The molecule has 0 aliphatic heterocycles. The Morgan fingerprint density at radius 2 is 2.29 bits per heavy atom. The maximum Gasteiger partial charge on any atom is 0.303 e. The lowest BCUT2D eigenvalue weighted by Gasteiger charge is -2.10. The third-order valence-electron chi connectivity index (χ3n) is 2.32. The van der Waals surface area contributed by atoms with Crippen LogP contribution >= 0.6 is 15.9 Å². The van der Waals surface area contributed by atoms with Crippen LogP contribution in [0.25, 0.3) is 0 Å². The molecule has 1 amide bonds. The third kappa shape index (κ3) is 4.60. The molecule has 94 valence electrons. The van der Waals surface area contributed by atoms with E-state index in [1.165, 1.54) is 6.26 Å². The minimum Gasteiger partial charge on any atom is -0.481 e. The van der Waals surface area contributed by atoms with Crippen molar-refractivity contribution >= 4 is 27.8 Å². The lowest BCUT2D eigenvalue weighted by atomic mass is 10.1. The molecule has 0 saturated carbocycles. The second-order valence-electron chi connectivity index (χ2n) is 3.86. The number of carbonyl (C=O) groups excluding carboxylic acids is 1. The van der Waals surface area contributed by atoms with Crippen molar-refractivity contribution in [1.82, 2.24) is 5.32 Å². The zero-order valence-electron chi connectivity index (χ0n) is 9.40. The van der Waals surface area contributed by atoms with Gasteiger partial charge in [-0.3, -0.25) is 9.59 Å². The molecule has 6 heteroatoms. The molecular formula is C11H14BrNO4. The first-order valence-corrected chi connectivity index (χ1v) is 6.03. The normalized spacial score (nSPS) is 12.1. The largest absolute Gasteiger partial charge is 0.481 e. The summed E-state index contributed by atoms with van der Waals surface area (Å²) in [6, 6.07) is 1.57. The molecule has 0 saturated heterocycles. The number of furan rings is 1. The second-order valence-corrected chi connectivity index (χ2v) is 4.58. The van der Waals surface area contributed by atoms with Crippen molar-refractivity contribution in [2.45, 2.75) is 19.8 Å². The summed E-state index contributed by atoms with van der Waals surface area (Å²) in [6.45, 7) is 2.34. The minimum atomic E-state index is -0.819. The van der Waals surface area contributed by atoms with Crippen molar-refractivity contribution in [2.24, 2.45) is 5.92 Å². The van der Waals surface area contributed by atoms with Gasteiger partial charge in [0.1, 0.15) is 0 Å². The van der Waals surface area contributed by atoms with E-state index in [4.69, 9.17) is 9.52 Å². The summed E-state index contributed by atoms with van der Waals surface area (Å²) >= 11 is 3.12. The van der Waals surface area contributed by atoms with E-state index >= 15 is 0 Å². The number of amides is 1. The van der Waals surface area contributed by atoms with E-state index in [1.54, 1.807) is 6.07 Å². The standard InChI is InChI=1S/C11H14BrNO4/c1-7(2-3-9(14)15)6-13-11(16)8-4-5-17-10(8)12/h4-5,7H,2-3,6H2,1H3,(H,13,16)(H,14,15). The van der Waals surface area contributed by atoms with Gasteiger partial charge in [0.2, 0.25) is 0 Å². The average Bonchev–Trinajstić information content (AvgIpc) is 2.69. The summed E-state index contributed by atoms with van der Waals surface area (Å²) in [5.74, 6) is -0.922. The summed E-state index contributed by atoms with van der Waals surface area (Å²) < 4.78 is 5.35. The van der Waals surface area contributed by atoms with E-state index < -0.39 is 5.97 Å². The van der Waals surface area contributed by atoms with Crippen LogP contribution in [0.2, 0.25) is 0 Å². The molecule has 0 aliphatic carbocycles. The monoisotopic (exact) mass is 303 g/mol. The summed E-state index contributed by atoms with van der Waals surface area (Å²) in [7, 11) is 0. The minimum absolute atomic E-state index is 0.118. The van der Waals surface area contributed by atoms with Gasteiger partial charge in [-0.25, -0.2) is 0 Å². The van der Waals surface area contributed by atoms with Crippen LogP contribution in [0.1, 0.15) is 30.1 Å². The molecule has 17 heavy (non-hydrogen) atoms. The molecule has 0 spiro atoms. The number of nitrogens with one attached hydrogen (secondary N) is 1. The molecule has 1 aromatic heterocycles. The Kier molecular flexibility index (Phi) is 5.21. The van der Waals surface area contributed by atoms with Crippen LogP contribution in [-0.4, -0.2) is 23.5 Å². The summed E-state index contributed by atoms with van der Waals surface area (Å²) in [5, 5.41) is 11.2. The molecule has 0 aliphatic rings. The molecule has 1 aromatic rings. The average molecular weight is 304 g/mol. The van der Waals surface area contributed by atoms with E-state index in [2.05, 4.69) is 21.2 Å². The molecule has 1 heterocycles. The molecule has 0 fully saturated rings. The van der Waals surface area contributed by atoms with Crippen LogP contribution < -0.4 is 5.32 Å². The molecule has 1 atom stereocenters. The van der Waals surface area contributed by atoms with E-state index in [1.807, 2.05) is 6.92 Å². The van der Waals surface area contributed by atoms with Gasteiger partial charge in [-0.15, -0.1) is 0 Å². The van der Waals surface area contributed by atoms with Gasteiger partial charge in [-0.1, -0.05) is 6.92 Å². The van der Waals surface area contributed by atoms with Gasteiger partial charge in [0, 0.05) is 13.0 Å². The zero-order valence-corrected chi connectivity index (χ0v) is 11.0. The fourth-order valence-electron chi connectivity index (χ4n) is 1.29. The van der Waals surface area contributed by atoms with E-state index in [0.717, 1.165) is 0 Å². The van der Waals surface area contributed by atoms with Crippen molar-refractivity contribution in [1.29, 1.82) is 0 Å². The van der Waals surface area contributed by atoms with Crippen LogP contribution in [0.15, 0.2) is 21.4 Å². The van der Waals surface area contributed by atoms with Crippen LogP contribution in [0.4, 0.5) is 0 Å². The number of carboxylic acids is 1.